The Morgan fingerprint density at radius 1 is 1.22 bits per heavy atom. The first kappa shape index (κ1) is 13.8. The van der Waals surface area contributed by atoms with E-state index in [0.29, 0.717) is 0 Å². The van der Waals surface area contributed by atoms with Crippen molar-refractivity contribution in [3.05, 3.63) is 23.7 Å². The van der Waals surface area contributed by atoms with Gasteiger partial charge in [-0.05, 0) is 33.2 Å². The van der Waals surface area contributed by atoms with Gasteiger partial charge < -0.3 is 19.2 Å². The van der Waals surface area contributed by atoms with E-state index >= 15 is 0 Å². The third-order valence-corrected chi connectivity index (χ3v) is 3.98. The molecule has 5 heteroatoms. The Balaban J connectivity index is 2.15. The summed E-state index contributed by atoms with van der Waals surface area (Å²) in [5, 5.41) is 9.90. The topological polar surface area (TPSA) is 47.9 Å². The summed E-state index contributed by atoms with van der Waals surface area (Å²) < 4.78 is 17.0. The zero-order valence-corrected chi connectivity index (χ0v) is 11.6. The van der Waals surface area contributed by atoms with E-state index in [0.717, 1.165) is 5.47 Å². The quantitative estimate of drug-likeness (QED) is 0.756. The van der Waals surface area contributed by atoms with E-state index in [2.05, 4.69) is 0 Å². The van der Waals surface area contributed by atoms with Crippen LogP contribution < -0.4 is 0 Å². The Kier molecular flexibility index (Phi) is 3.45. The van der Waals surface area contributed by atoms with Crippen molar-refractivity contribution in [2.75, 3.05) is 7.11 Å². The molecule has 2 aliphatic rings. The highest BCUT2D eigenvalue weighted by molar-refractivity contribution is 6.55. The van der Waals surface area contributed by atoms with Gasteiger partial charge in [-0.15, -0.1) is 0 Å². The first-order valence-corrected chi connectivity index (χ1v) is 6.23. The highest BCUT2D eigenvalue weighted by Crippen LogP contribution is 2.39. The lowest BCUT2D eigenvalue weighted by Crippen LogP contribution is -2.41. The molecule has 4 nitrogen and oxygen atoms in total. The number of aliphatic hydroxyl groups is 1. The van der Waals surface area contributed by atoms with E-state index in [4.69, 9.17) is 14.0 Å². The van der Waals surface area contributed by atoms with Crippen LogP contribution in [-0.2, 0) is 14.0 Å². The van der Waals surface area contributed by atoms with Crippen LogP contribution in [-0.4, -0.2) is 42.7 Å². The normalized spacial score (nSPS) is 33.7. The van der Waals surface area contributed by atoms with Crippen LogP contribution >= 0.6 is 0 Å². The van der Waals surface area contributed by atoms with Crippen molar-refractivity contribution in [1.82, 2.24) is 0 Å². The SMILES string of the molecule is COC1C=CC(B2OC(C)(C)C(C)(C)O2)=CC1O. The van der Waals surface area contributed by atoms with Crippen molar-refractivity contribution in [3.8, 4) is 0 Å². The Bertz CT molecular complexity index is 370. The summed E-state index contributed by atoms with van der Waals surface area (Å²) in [5.41, 5.74) is 0.111. The van der Waals surface area contributed by atoms with E-state index in [1.54, 1.807) is 13.2 Å². The molecule has 1 saturated heterocycles. The van der Waals surface area contributed by atoms with Gasteiger partial charge in [0.2, 0.25) is 0 Å². The van der Waals surface area contributed by atoms with Gasteiger partial charge in [0.25, 0.3) is 0 Å². The summed E-state index contributed by atoms with van der Waals surface area (Å²) in [5.74, 6) is 0. The third kappa shape index (κ3) is 2.28. The monoisotopic (exact) mass is 252 g/mol. The van der Waals surface area contributed by atoms with E-state index < -0.39 is 13.2 Å². The Morgan fingerprint density at radius 3 is 2.22 bits per heavy atom. The summed E-state index contributed by atoms with van der Waals surface area (Å²) in [6.45, 7) is 8.03. The van der Waals surface area contributed by atoms with Crippen molar-refractivity contribution >= 4 is 7.12 Å². The molecule has 1 aliphatic carbocycles. The van der Waals surface area contributed by atoms with Crippen molar-refractivity contribution in [2.45, 2.75) is 51.1 Å². The first-order valence-electron chi connectivity index (χ1n) is 6.23. The van der Waals surface area contributed by atoms with E-state index in [9.17, 15) is 5.11 Å². The van der Waals surface area contributed by atoms with E-state index in [1.165, 1.54) is 0 Å². The van der Waals surface area contributed by atoms with Gasteiger partial charge in [0, 0.05) is 7.11 Å². The summed E-state index contributed by atoms with van der Waals surface area (Å²) in [6.07, 6.45) is 4.50. The summed E-state index contributed by atoms with van der Waals surface area (Å²) in [6, 6.07) is 0. The maximum atomic E-state index is 9.90. The van der Waals surface area contributed by atoms with Crippen molar-refractivity contribution in [3.63, 3.8) is 0 Å². The number of ether oxygens (including phenoxy) is 1. The molecule has 100 valence electrons. The lowest BCUT2D eigenvalue weighted by atomic mass is 9.75. The van der Waals surface area contributed by atoms with Crippen molar-refractivity contribution in [2.24, 2.45) is 0 Å². The zero-order chi connectivity index (χ0) is 13.6. The van der Waals surface area contributed by atoms with Crippen LogP contribution in [0.1, 0.15) is 27.7 Å². The molecular weight excluding hydrogens is 231 g/mol. The molecule has 1 heterocycles. The molecule has 1 aliphatic heterocycles. The average molecular weight is 252 g/mol. The molecule has 0 amide bonds. The third-order valence-electron chi connectivity index (χ3n) is 3.98. The van der Waals surface area contributed by atoms with Gasteiger partial charge in [0.1, 0.15) is 12.2 Å². The Labute approximate surface area is 109 Å². The van der Waals surface area contributed by atoms with Crippen LogP contribution in [0.15, 0.2) is 23.7 Å². The molecule has 0 aromatic carbocycles. The van der Waals surface area contributed by atoms with Crippen LogP contribution in [0.2, 0.25) is 0 Å². The summed E-state index contributed by atoms with van der Waals surface area (Å²) >= 11 is 0. The number of hydrogen-bond acceptors (Lipinski definition) is 4. The lowest BCUT2D eigenvalue weighted by Gasteiger charge is -2.32. The first-order chi connectivity index (χ1) is 8.27. The minimum absolute atomic E-state index is 0.295. The maximum Gasteiger partial charge on any atom is 0.494 e. The molecule has 0 radical (unpaired) electrons. The van der Waals surface area contributed by atoms with Crippen LogP contribution in [0.5, 0.6) is 0 Å². The molecule has 1 fully saturated rings. The second kappa shape index (κ2) is 4.49. The minimum atomic E-state index is -0.658. The minimum Gasteiger partial charge on any atom is -0.399 e. The number of aliphatic hydroxyl groups excluding tert-OH is 1. The van der Waals surface area contributed by atoms with Gasteiger partial charge in [0.05, 0.1) is 11.2 Å². The highest BCUT2D eigenvalue weighted by atomic mass is 16.7. The van der Waals surface area contributed by atoms with Gasteiger partial charge in [0.15, 0.2) is 0 Å². The second-order valence-electron chi connectivity index (χ2n) is 5.80. The smallest absolute Gasteiger partial charge is 0.399 e. The molecule has 0 saturated carbocycles. The molecular formula is C13H21BO4. The van der Waals surface area contributed by atoms with E-state index in [1.807, 2.05) is 39.8 Å². The van der Waals surface area contributed by atoms with Gasteiger partial charge in [-0.1, -0.05) is 18.2 Å². The van der Waals surface area contributed by atoms with Gasteiger partial charge in [-0.3, -0.25) is 0 Å². The Hall–Kier alpha value is -0.615. The average Bonchev–Trinajstić information content (AvgIpc) is 2.48. The zero-order valence-electron chi connectivity index (χ0n) is 11.6. The molecule has 0 aromatic rings. The van der Waals surface area contributed by atoms with Crippen LogP contribution in [0.3, 0.4) is 0 Å². The second-order valence-corrected chi connectivity index (χ2v) is 5.80. The number of allylic oxidation sites excluding steroid dienone is 2. The molecule has 0 aromatic heterocycles. The van der Waals surface area contributed by atoms with Gasteiger partial charge in [-0.25, -0.2) is 0 Å². The number of methoxy groups -OCH3 is 1. The largest absolute Gasteiger partial charge is 0.494 e. The fraction of sp³-hybridized carbons (Fsp3) is 0.692. The molecule has 0 spiro atoms. The molecule has 2 unspecified atom stereocenters. The molecule has 2 rings (SSSR count). The molecule has 1 N–H and O–H groups in total. The maximum absolute atomic E-state index is 9.90. The van der Waals surface area contributed by atoms with Crippen molar-refractivity contribution < 1.29 is 19.2 Å². The van der Waals surface area contributed by atoms with Gasteiger partial charge >= 0.3 is 7.12 Å². The summed E-state index contributed by atoms with van der Waals surface area (Å²) in [4.78, 5) is 0. The number of hydrogen-bond donors (Lipinski definition) is 1. The van der Waals surface area contributed by atoms with Gasteiger partial charge in [-0.2, -0.15) is 0 Å². The fourth-order valence-electron chi connectivity index (χ4n) is 2.02. The lowest BCUT2D eigenvalue weighted by molar-refractivity contribution is 0.00578. The predicted octanol–water partition coefficient (Wildman–Crippen LogP) is 1.49. The van der Waals surface area contributed by atoms with Crippen LogP contribution in [0.4, 0.5) is 0 Å². The predicted molar refractivity (Wildman–Crippen MR) is 70.1 cm³/mol. The summed E-state index contributed by atoms with van der Waals surface area (Å²) in [7, 11) is 1.14. The highest BCUT2D eigenvalue weighted by Gasteiger charge is 2.52. The molecule has 2 atom stereocenters. The van der Waals surface area contributed by atoms with Crippen LogP contribution in [0, 0.1) is 0 Å². The standard InChI is InChI=1S/C13H21BO4/c1-12(2)13(3,4)18-14(17-12)9-6-7-11(16-5)10(15)8-9/h6-8,10-11,15H,1-5H3. The Morgan fingerprint density at radius 2 is 1.78 bits per heavy atom. The van der Waals surface area contributed by atoms with E-state index in [-0.39, 0.29) is 17.3 Å². The molecule has 18 heavy (non-hydrogen) atoms. The molecule has 0 bridgehead atoms. The van der Waals surface area contributed by atoms with Crippen LogP contribution in [0.25, 0.3) is 0 Å². The fourth-order valence-corrected chi connectivity index (χ4v) is 2.02. The number of rotatable bonds is 2. The van der Waals surface area contributed by atoms with Crippen molar-refractivity contribution in [1.29, 1.82) is 0 Å².